The maximum atomic E-state index is 5.69. The van der Waals surface area contributed by atoms with E-state index in [0.717, 1.165) is 30.1 Å². The Hall–Kier alpha value is -2.00. The minimum Gasteiger partial charge on any atom is -0.454 e. The van der Waals surface area contributed by atoms with Crippen molar-refractivity contribution >= 4 is 0 Å². The molecule has 0 bridgehead atoms. The van der Waals surface area contributed by atoms with Crippen molar-refractivity contribution in [1.82, 2.24) is 0 Å². The van der Waals surface area contributed by atoms with Gasteiger partial charge in [-0.2, -0.15) is 0 Å². The first-order chi connectivity index (χ1) is 9.42. The summed E-state index contributed by atoms with van der Waals surface area (Å²) in [6, 6.07) is 16.3. The molecular weight excluding hydrogens is 240 g/mol. The molecule has 2 aromatic rings. The van der Waals surface area contributed by atoms with E-state index in [1.165, 1.54) is 5.56 Å². The fourth-order valence-corrected chi connectivity index (χ4v) is 2.06. The summed E-state index contributed by atoms with van der Waals surface area (Å²) < 4.78 is 16.3. The van der Waals surface area contributed by atoms with E-state index in [9.17, 15) is 0 Å². The zero-order chi connectivity index (χ0) is 12.9. The Morgan fingerprint density at radius 3 is 2.63 bits per heavy atom. The molecule has 0 saturated carbocycles. The quantitative estimate of drug-likeness (QED) is 0.769. The number of fused-ring (bicyclic) bond motifs is 1. The lowest BCUT2D eigenvalue weighted by atomic mass is 10.2. The lowest BCUT2D eigenvalue weighted by Crippen LogP contribution is -1.99. The molecule has 2 aromatic carbocycles. The first kappa shape index (κ1) is 12.1. The van der Waals surface area contributed by atoms with E-state index in [0.29, 0.717) is 13.4 Å². The Morgan fingerprint density at radius 1 is 0.895 bits per heavy atom. The molecule has 98 valence electrons. The van der Waals surface area contributed by atoms with Gasteiger partial charge in [-0.1, -0.05) is 36.4 Å². The van der Waals surface area contributed by atoms with Gasteiger partial charge in [-0.15, -0.1) is 0 Å². The SMILES string of the molecule is c1ccc(CCOCc2ccc3c(c2)OCO3)cc1. The third-order valence-electron chi connectivity index (χ3n) is 3.08. The molecule has 19 heavy (non-hydrogen) atoms. The van der Waals surface area contributed by atoms with Crippen molar-refractivity contribution in [2.75, 3.05) is 13.4 Å². The molecule has 3 nitrogen and oxygen atoms in total. The first-order valence-corrected chi connectivity index (χ1v) is 6.42. The zero-order valence-electron chi connectivity index (χ0n) is 10.7. The molecule has 3 heteroatoms. The molecule has 0 aliphatic carbocycles. The van der Waals surface area contributed by atoms with Crippen LogP contribution < -0.4 is 9.47 Å². The highest BCUT2D eigenvalue weighted by molar-refractivity contribution is 5.44. The van der Waals surface area contributed by atoms with Crippen molar-refractivity contribution in [2.24, 2.45) is 0 Å². The van der Waals surface area contributed by atoms with Crippen LogP contribution in [-0.4, -0.2) is 13.4 Å². The van der Waals surface area contributed by atoms with Crippen molar-refractivity contribution in [2.45, 2.75) is 13.0 Å². The summed E-state index contributed by atoms with van der Waals surface area (Å²) in [4.78, 5) is 0. The van der Waals surface area contributed by atoms with Crippen LogP contribution in [0.1, 0.15) is 11.1 Å². The van der Waals surface area contributed by atoms with Crippen molar-refractivity contribution in [3.05, 3.63) is 59.7 Å². The Morgan fingerprint density at radius 2 is 1.74 bits per heavy atom. The van der Waals surface area contributed by atoms with Gasteiger partial charge in [0.25, 0.3) is 0 Å². The van der Waals surface area contributed by atoms with Gasteiger partial charge in [-0.25, -0.2) is 0 Å². The molecule has 0 aromatic heterocycles. The van der Waals surface area contributed by atoms with Gasteiger partial charge in [0.15, 0.2) is 11.5 Å². The van der Waals surface area contributed by atoms with Gasteiger partial charge in [0.2, 0.25) is 6.79 Å². The second kappa shape index (κ2) is 5.76. The molecule has 0 amide bonds. The van der Waals surface area contributed by atoms with Crippen LogP contribution in [0.2, 0.25) is 0 Å². The number of hydrogen-bond donors (Lipinski definition) is 0. The van der Waals surface area contributed by atoms with Gasteiger partial charge in [0, 0.05) is 0 Å². The van der Waals surface area contributed by atoms with Crippen LogP contribution in [0.4, 0.5) is 0 Å². The summed E-state index contributed by atoms with van der Waals surface area (Å²) in [5.74, 6) is 1.62. The largest absolute Gasteiger partial charge is 0.454 e. The first-order valence-electron chi connectivity index (χ1n) is 6.42. The average molecular weight is 256 g/mol. The maximum Gasteiger partial charge on any atom is 0.231 e. The molecule has 1 aliphatic heterocycles. The molecule has 3 rings (SSSR count). The summed E-state index contributed by atoms with van der Waals surface area (Å²) >= 11 is 0. The van der Waals surface area contributed by atoms with Crippen molar-refractivity contribution in [3.8, 4) is 11.5 Å². The molecule has 0 radical (unpaired) electrons. The highest BCUT2D eigenvalue weighted by Gasteiger charge is 2.12. The number of benzene rings is 2. The van der Waals surface area contributed by atoms with Crippen LogP contribution in [0, 0.1) is 0 Å². The molecule has 0 saturated heterocycles. The number of hydrogen-bond acceptors (Lipinski definition) is 3. The molecular formula is C16H16O3. The van der Waals surface area contributed by atoms with E-state index in [4.69, 9.17) is 14.2 Å². The molecule has 0 unspecified atom stereocenters. The predicted octanol–water partition coefficient (Wildman–Crippen LogP) is 3.17. The van der Waals surface area contributed by atoms with Crippen molar-refractivity contribution in [1.29, 1.82) is 0 Å². The smallest absolute Gasteiger partial charge is 0.231 e. The second-order valence-corrected chi connectivity index (χ2v) is 4.48. The fraction of sp³-hybridized carbons (Fsp3) is 0.250. The number of ether oxygens (including phenoxy) is 3. The summed E-state index contributed by atoms with van der Waals surface area (Å²) in [6.45, 7) is 1.63. The van der Waals surface area contributed by atoms with Crippen molar-refractivity contribution in [3.63, 3.8) is 0 Å². The Balaban J connectivity index is 1.48. The summed E-state index contributed by atoms with van der Waals surface area (Å²) in [5, 5.41) is 0. The normalized spacial score (nSPS) is 12.6. The third-order valence-corrected chi connectivity index (χ3v) is 3.08. The van der Waals surface area contributed by atoms with Gasteiger partial charge in [-0.05, 0) is 29.7 Å². The van der Waals surface area contributed by atoms with E-state index >= 15 is 0 Å². The maximum absolute atomic E-state index is 5.69. The third kappa shape index (κ3) is 3.06. The topological polar surface area (TPSA) is 27.7 Å². The second-order valence-electron chi connectivity index (χ2n) is 4.48. The van der Waals surface area contributed by atoms with E-state index in [-0.39, 0.29) is 0 Å². The van der Waals surface area contributed by atoms with Gasteiger partial charge < -0.3 is 14.2 Å². The molecule has 1 aliphatic rings. The zero-order valence-corrected chi connectivity index (χ0v) is 10.7. The van der Waals surface area contributed by atoms with Gasteiger partial charge in [0.1, 0.15) is 0 Å². The Kier molecular flexibility index (Phi) is 3.65. The molecule has 0 atom stereocenters. The Labute approximate surface area is 112 Å². The van der Waals surface area contributed by atoms with Crippen LogP contribution in [0.5, 0.6) is 11.5 Å². The van der Waals surface area contributed by atoms with Crippen LogP contribution in [0.15, 0.2) is 48.5 Å². The van der Waals surface area contributed by atoms with Crippen LogP contribution in [0.3, 0.4) is 0 Å². The standard InChI is InChI=1S/C16H16O3/c1-2-4-13(5-3-1)8-9-17-11-14-6-7-15-16(10-14)19-12-18-15/h1-7,10H,8-9,11-12H2. The van der Waals surface area contributed by atoms with E-state index in [1.54, 1.807) is 0 Å². The average Bonchev–Trinajstić information content (AvgIpc) is 2.92. The minimum atomic E-state index is 0.313. The van der Waals surface area contributed by atoms with Crippen molar-refractivity contribution < 1.29 is 14.2 Å². The molecule has 0 fully saturated rings. The summed E-state index contributed by atoms with van der Waals surface area (Å²) in [7, 11) is 0. The molecule has 0 spiro atoms. The van der Waals surface area contributed by atoms with E-state index < -0.39 is 0 Å². The lowest BCUT2D eigenvalue weighted by Gasteiger charge is -2.05. The fourth-order valence-electron chi connectivity index (χ4n) is 2.06. The van der Waals surface area contributed by atoms with Gasteiger partial charge >= 0.3 is 0 Å². The molecule has 1 heterocycles. The minimum absolute atomic E-state index is 0.313. The monoisotopic (exact) mass is 256 g/mol. The summed E-state index contributed by atoms with van der Waals surface area (Å²) in [5.41, 5.74) is 2.41. The van der Waals surface area contributed by atoms with E-state index in [2.05, 4.69) is 12.1 Å². The molecule has 0 N–H and O–H groups in total. The number of rotatable bonds is 5. The van der Waals surface area contributed by atoms with Gasteiger partial charge in [-0.3, -0.25) is 0 Å². The highest BCUT2D eigenvalue weighted by Crippen LogP contribution is 2.32. The van der Waals surface area contributed by atoms with E-state index in [1.807, 2.05) is 36.4 Å². The van der Waals surface area contributed by atoms with Gasteiger partial charge in [0.05, 0.1) is 13.2 Å². The summed E-state index contributed by atoms with van der Waals surface area (Å²) in [6.07, 6.45) is 0.936. The lowest BCUT2D eigenvalue weighted by molar-refractivity contribution is 0.123. The van der Waals surface area contributed by atoms with Crippen LogP contribution in [-0.2, 0) is 17.8 Å². The highest BCUT2D eigenvalue weighted by atomic mass is 16.7. The Bertz CT molecular complexity index is 537. The van der Waals surface area contributed by atoms with Crippen LogP contribution >= 0.6 is 0 Å². The van der Waals surface area contributed by atoms with Crippen LogP contribution in [0.25, 0.3) is 0 Å². The predicted molar refractivity (Wildman–Crippen MR) is 72.4 cm³/mol.